The van der Waals surface area contributed by atoms with Crippen LogP contribution in [0.5, 0.6) is 0 Å². The van der Waals surface area contributed by atoms with Crippen molar-refractivity contribution in [1.82, 2.24) is 0 Å². The van der Waals surface area contributed by atoms with Gasteiger partial charge in [0.15, 0.2) is 0 Å². The molecule has 0 saturated carbocycles. The van der Waals surface area contributed by atoms with E-state index >= 15 is 0 Å². The summed E-state index contributed by atoms with van der Waals surface area (Å²) in [5, 5.41) is 0. The van der Waals surface area contributed by atoms with Crippen molar-refractivity contribution in [2.45, 2.75) is 13.3 Å². The smallest absolute Gasteiger partial charge is 0.0657 e. The zero-order valence-electron chi connectivity index (χ0n) is 6.17. The average Bonchev–Trinajstić information content (AvgIpc) is 1.99. The first-order valence-corrected chi connectivity index (χ1v) is 3.10. The van der Waals surface area contributed by atoms with Gasteiger partial charge < -0.3 is 11.5 Å². The summed E-state index contributed by atoms with van der Waals surface area (Å²) >= 11 is 0. The molecule has 3 heteroatoms. The van der Waals surface area contributed by atoms with Gasteiger partial charge >= 0.3 is 0 Å². The fourth-order valence-electron chi connectivity index (χ4n) is 0.300. The molecule has 0 atom stereocenters. The Bertz CT molecular complexity index is 168. The maximum Gasteiger partial charge on any atom is 0.0657 e. The highest BCUT2D eigenvalue weighted by atomic mass is 14.8. The minimum atomic E-state index is 0.453. The van der Waals surface area contributed by atoms with Crippen molar-refractivity contribution >= 4 is 6.21 Å². The zero-order valence-corrected chi connectivity index (χ0v) is 6.17. The van der Waals surface area contributed by atoms with E-state index in [9.17, 15) is 0 Å². The van der Waals surface area contributed by atoms with Gasteiger partial charge in [0.2, 0.25) is 0 Å². The first-order valence-electron chi connectivity index (χ1n) is 3.10. The molecular formula is C7H13N3. The number of nitrogens with zero attached hydrogens (tertiary/aromatic N) is 1. The maximum atomic E-state index is 5.32. The van der Waals surface area contributed by atoms with E-state index < -0.39 is 0 Å². The second kappa shape index (κ2) is 4.61. The van der Waals surface area contributed by atoms with Crippen LogP contribution in [0.25, 0.3) is 0 Å². The van der Waals surface area contributed by atoms with Crippen molar-refractivity contribution < 1.29 is 0 Å². The molecule has 0 saturated heterocycles. The topological polar surface area (TPSA) is 64.4 Å². The van der Waals surface area contributed by atoms with E-state index in [4.69, 9.17) is 11.5 Å². The predicted molar refractivity (Wildman–Crippen MR) is 44.4 cm³/mol. The summed E-state index contributed by atoms with van der Waals surface area (Å²) in [6, 6.07) is 0. The molecule has 0 aliphatic heterocycles. The second-order valence-corrected chi connectivity index (χ2v) is 1.84. The van der Waals surface area contributed by atoms with Crippen molar-refractivity contribution in [3.63, 3.8) is 0 Å². The van der Waals surface area contributed by atoms with Gasteiger partial charge in [-0.1, -0.05) is 13.5 Å². The van der Waals surface area contributed by atoms with Gasteiger partial charge in [-0.25, -0.2) is 0 Å². The molecule has 0 aliphatic carbocycles. The SMILES string of the molecule is C=C(CC)N=C/C(N)=C\N. The molecule has 0 fully saturated rings. The highest BCUT2D eigenvalue weighted by molar-refractivity contribution is 5.77. The van der Waals surface area contributed by atoms with Gasteiger partial charge in [0.1, 0.15) is 0 Å². The monoisotopic (exact) mass is 139 g/mol. The van der Waals surface area contributed by atoms with Crippen LogP contribution in [-0.4, -0.2) is 6.21 Å². The van der Waals surface area contributed by atoms with E-state index in [-0.39, 0.29) is 0 Å². The van der Waals surface area contributed by atoms with Crippen LogP contribution in [0.3, 0.4) is 0 Å². The van der Waals surface area contributed by atoms with E-state index in [2.05, 4.69) is 11.6 Å². The lowest BCUT2D eigenvalue weighted by atomic mass is 10.4. The predicted octanol–water partition coefficient (Wildman–Crippen LogP) is 0.740. The molecule has 0 radical (unpaired) electrons. The summed E-state index contributed by atoms with van der Waals surface area (Å²) in [5.74, 6) is 0. The summed E-state index contributed by atoms with van der Waals surface area (Å²) < 4.78 is 0. The van der Waals surface area contributed by atoms with Crippen LogP contribution < -0.4 is 11.5 Å². The highest BCUT2D eigenvalue weighted by Crippen LogP contribution is 1.95. The maximum absolute atomic E-state index is 5.32. The lowest BCUT2D eigenvalue weighted by Crippen LogP contribution is -2.01. The molecule has 0 bridgehead atoms. The molecular weight excluding hydrogens is 126 g/mol. The molecule has 10 heavy (non-hydrogen) atoms. The largest absolute Gasteiger partial charge is 0.403 e. The van der Waals surface area contributed by atoms with Crippen LogP contribution in [-0.2, 0) is 0 Å². The van der Waals surface area contributed by atoms with Crippen molar-refractivity contribution in [2.24, 2.45) is 16.5 Å². The molecule has 56 valence electrons. The Hall–Kier alpha value is -1.25. The minimum Gasteiger partial charge on any atom is -0.403 e. The molecule has 0 aromatic carbocycles. The molecule has 0 aromatic rings. The van der Waals surface area contributed by atoms with Crippen LogP contribution in [0.1, 0.15) is 13.3 Å². The van der Waals surface area contributed by atoms with Crippen LogP contribution in [0, 0.1) is 0 Å². The molecule has 0 aromatic heterocycles. The quantitative estimate of drug-likeness (QED) is 0.566. The normalized spacial score (nSPS) is 12.3. The molecule has 0 rings (SSSR count). The first kappa shape index (κ1) is 8.75. The highest BCUT2D eigenvalue weighted by Gasteiger charge is 1.82. The first-order chi connectivity index (χ1) is 4.70. The zero-order chi connectivity index (χ0) is 7.98. The van der Waals surface area contributed by atoms with Gasteiger partial charge in [0.05, 0.1) is 11.9 Å². The Morgan fingerprint density at radius 2 is 2.30 bits per heavy atom. The van der Waals surface area contributed by atoms with E-state index in [1.807, 2.05) is 6.92 Å². The van der Waals surface area contributed by atoms with Gasteiger partial charge in [-0.05, 0) is 6.42 Å². The number of rotatable bonds is 3. The molecule has 0 amide bonds. The molecule has 3 nitrogen and oxygen atoms in total. The number of aliphatic imine (C=N–C) groups is 1. The minimum absolute atomic E-state index is 0.453. The summed E-state index contributed by atoms with van der Waals surface area (Å²) in [6.07, 6.45) is 3.62. The van der Waals surface area contributed by atoms with Crippen LogP contribution in [0.2, 0.25) is 0 Å². The summed E-state index contributed by atoms with van der Waals surface area (Å²) in [4.78, 5) is 3.92. The van der Waals surface area contributed by atoms with Gasteiger partial charge in [0, 0.05) is 11.9 Å². The van der Waals surface area contributed by atoms with Crippen molar-refractivity contribution in [2.75, 3.05) is 0 Å². The van der Waals surface area contributed by atoms with E-state index in [1.165, 1.54) is 12.4 Å². The summed E-state index contributed by atoms with van der Waals surface area (Å²) in [6.45, 7) is 5.63. The van der Waals surface area contributed by atoms with Crippen LogP contribution in [0.15, 0.2) is 29.2 Å². The fraction of sp³-hybridized carbons (Fsp3) is 0.286. The third-order valence-electron chi connectivity index (χ3n) is 0.997. The number of hydrogen-bond acceptors (Lipinski definition) is 3. The molecule has 4 N–H and O–H groups in total. The van der Waals surface area contributed by atoms with Gasteiger partial charge in [-0.3, -0.25) is 4.99 Å². The van der Waals surface area contributed by atoms with E-state index in [0.717, 1.165) is 12.1 Å². The Morgan fingerprint density at radius 1 is 1.70 bits per heavy atom. The number of nitrogens with two attached hydrogens (primary N) is 2. The standard InChI is InChI=1S/C7H13N3/c1-3-6(2)10-5-7(9)4-8/h4-5H,2-3,8-9H2,1H3/b7-4+,10-5?. The Kier molecular flexibility index (Phi) is 4.04. The molecule has 0 spiro atoms. The molecule has 0 aliphatic rings. The van der Waals surface area contributed by atoms with Crippen molar-refractivity contribution in [3.05, 3.63) is 24.2 Å². The lowest BCUT2D eigenvalue weighted by molar-refractivity contribution is 1.08. The molecule has 0 unspecified atom stereocenters. The second-order valence-electron chi connectivity index (χ2n) is 1.84. The third-order valence-corrected chi connectivity index (χ3v) is 0.997. The van der Waals surface area contributed by atoms with Crippen LogP contribution >= 0.6 is 0 Å². The fourth-order valence-corrected chi connectivity index (χ4v) is 0.300. The van der Waals surface area contributed by atoms with E-state index in [1.54, 1.807) is 0 Å². The Labute approximate surface area is 61.1 Å². The Morgan fingerprint density at radius 3 is 2.70 bits per heavy atom. The van der Waals surface area contributed by atoms with Gasteiger partial charge in [-0.2, -0.15) is 0 Å². The van der Waals surface area contributed by atoms with Crippen molar-refractivity contribution in [3.8, 4) is 0 Å². The van der Waals surface area contributed by atoms with Crippen LogP contribution in [0.4, 0.5) is 0 Å². The van der Waals surface area contributed by atoms with Crippen molar-refractivity contribution in [1.29, 1.82) is 0 Å². The Balaban J connectivity index is 3.88. The number of allylic oxidation sites excluding steroid dienone is 2. The average molecular weight is 139 g/mol. The third kappa shape index (κ3) is 3.72. The van der Waals surface area contributed by atoms with Gasteiger partial charge in [-0.15, -0.1) is 0 Å². The molecule has 0 heterocycles. The summed E-state index contributed by atoms with van der Waals surface area (Å²) in [7, 11) is 0. The summed E-state index contributed by atoms with van der Waals surface area (Å²) in [5.41, 5.74) is 11.7. The van der Waals surface area contributed by atoms with Gasteiger partial charge in [0.25, 0.3) is 0 Å². The number of hydrogen-bond donors (Lipinski definition) is 2. The van der Waals surface area contributed by atoms with E-state index in [0.29, 0.717) is 5.70 Å². The lowest BCUT2D eigenvalue weighted by Gasteiger charge is -1.91.